The monoisotopic (exact) mass is 254 g/mol. The Morgan fingerprint density at radius 2 is 1.94 bits per heavy atom. The van der Waals surface area contributed by atoms with E-state index in [1.165, 1.54) is 6.07 Å². The van der Waals surface area contributed by atoms with E-state index >= 15 is 0 Å². The SMILES string of the molecule is CC(C)(O)CC1=CS(=O)(=O)c2c(O)cccc21. The molecular weight excluding hydrogens is 240 g/mol. The van der Waals surface area contributed by atoms with Crippen LogP contribution in [0.2, 0.25) is 0 Å². The average Bonchev–Trinajstić information content (AvgIpc) is 2.36. The number of benzene rings is 1. The zero-order chi connectivity index (χ0) is 12.8. The average molecular weight is 254 g/mol. The first kappa shape index (κ1) is 12.1. The number of phenolic OH excluding ortho intramolecular Hbond substituents is 1. The summed E-state index contributed by atoms with van der Waals surface area (Å²) in [6, 6.07) is 4.57. The Kier molecular flexibility index (Phi) is 2.56. The minimum Gasteiger partial charge on any atom is -0.507 e. The molecule has 1 aliphatic rings. The molecule has 2 rings (SSSR count). The molecule has 0 aliphatic carbocycles. The van der Waals surface area contributed by atoms with Crippen molar-refractivity contribution in [3.63, 3.8) is 0 Å². The standard InChI is InChI=1S/C12H14O4S/c1-12(2,14)6-8-7-17(15,16)11-9(8)4-3-5-10(11)13/h3-5,7,13-14H,6H2,1-2H3. The molecule has 0 unspecified atom stereocenters. The predicted molar refractivity (Wildman–Crippen MR) is 64.2 cm³/mol. The zero-order valence-electron chi connectivity index (χ0n) is 9.64. The second-order valence-corrected chi connectivity index (χ2v) is 6.57. The second-order valence-electron chi connectivity index (χ2n) is 4.83. The molecular formula is C12H14O4S. The van der Waals surface area contributed by atoms with Crippen molar-refractivity contribution < 1.29 is 18.6 Å². The minimum atomic E-state index is -3.58. The molecule has 0 bridgehead atoms. The van der Waals surface area contributed by atoms with Gasteiger partial charge in [0.05, 0.1) is 5.60 Å². The molecule has 0 fully saturated rings. The highest BCUT2D eigenvalue weighted by Gasteiger charge is 2.32. The van der Waals surface area contributed by atoms with Crippen LogP contribution in [-0.2, 0) is 9.84 Å². The van der Waals surface area contributed by atoms with Crippen LogP contribution >= 0.6 is 0 Å². The zero-order valence-corrected chi connectivity index (χ0v) is 10.5. The third-order valence-electron chi connectivity index (χ3n) is 2.55. The molecule has 2 N–H and O–H groups in total. The summed E-state index contributed by atoms with van der Waals surface area (Å²) in [6.07, 6.45) is 0.225. The number of sulfone groups is 1. The van der Waals surface area contributed by atoms with Crippen molar-refractivity contribution in [2.24, 2.45) is 0 Å². The van der Waals surface area contributed by atoms with Crippen LogP contribution in [0.4, 0.5) is 0 Å². The van der Waals surface area contributed by atoms with Crippen LogP contribution < -0.4 is 0 Å². The maximum atomic E-state index is 11.9. The van der Waals surface area contributed by atoms with Crippen molar-refractivity contribution in [2.45, 2.75) is 30.8 Å². The van der Waals surface area contributed by atoms with Crippen LogP contribution in [0.15, 0.2) is 28.5 Å². The molecule has 1 aliphatic heterocycles. The fourth-order valence-electron chi connectivity index (χ4n) is 1.99. The van der Waals surface area contributed by atoms with Gasteiger partial charge in [-0.1, -0.05) is 12.1 Å². The maximum Gasteiger partial charge on any atom is 0.204 e. The molecule has 4 nitrogen and oxygen atoms in total. The van der Waals surface area contributed by atoms with Crippen molar-refractivity contribution in [3.05, 3.63) is 29.2 Å². The van der Waals surface area contributed by atoms with E-state index in [1.807, 2.05) is 0 Å². The van der Waals surface area contributed by atoms with E-state index in [0.29, 0.717) is 11.1 Å². The first-order valence-electron chi connectivity index (χ1n) is 5.21. The highest BCUT2D eigenvalue weighted by molar-refractivity contribution is 7.95. The molecule has 17 heavy (non-hydrogen) atoms. The van der Waals surface area contributed by atoms with E-state index in [0.717, 1.165) is 5.41 Å². The molecule has 0 saturated carbocycles. The lowest BCUT2D eigenvalue weighted by Gasteiger charge is -2.17. The predicted octanol–water partition coefficient (Wildman–Crippen LogP) is 1.68. The van der Waals surface area contributed by atoms with Gasteiger partial charge in [0.2, 0.25) is 9.84 Å². The molecule has 0 aromatic heterocycles. The van der Waals surface area contributed by atoms with Gasteiger partial charge in [-0.3, -0.25) is 0 Å². The van der Waals surface area contributed by atoms with Crippen LogP contribution in [0.3, 0.4) is 0 Å². The Labute approximate surface area is 100 Å². The Hall–Kier alpha value is -1.33. The van der Waals surface area contributed by atoms with Gasteiger partial charge < -0.3 is 10.2 Å². The van der Waals surface area contributed by atoms with Crippen LogP contribution in [0, 0.1) is 0 Å². The number of hydrogen-bond donors (Lipinski definition) is 2. The summed E-state index contributed by atoms with van der Waals surface area (Å²) in [7, 11) is -3.58. The van der Waals surface area contributed by atoms with Gasteiger partial charge in [-0.05, 0) is 25.5 Å². The molecule has 1 aromatic rings. The maximum absolute atomic E-state index is 11.9. The van der Waals surface area contributed by atoms with Crippen LogP contribution in [0.25, 0.3) is 5.57 Å². The Bertz CT molecular complexity index is 591. The van der Waals surface area contributed by atoms with E-state index in [1.54, 1.807) is 26.0 Å². The lowest BCUT2D eigenvalue weighted by atomic mass is 9.95. The third-order valence-corrected chi connectivity index (χ3v) is 4.14. The number of fused-ring (bicyclic) bond motifs is 1. The Morgan fingerprint density at radius 1 is 1.29 bits per heavy atom. The number of rotatable bonds is 2. The van der Waals surface area contributed by atoms with Crippen molar-refractivity contribution in [3.8, 4) is 5.75 Å². The highest BCUT2D eigenvalue weighted by Crippen LogP contribution is 2.41. The second kappa shape index (κ2) is 3.58. The smallest absolute Gasteiger partial charge is 0.204 e. The van der Waals surface area contributed by atoms with Gasteiger partial charge in [-0.2, -0.15) is 0 Å². The summed E-state index contributed by atoms with van der Waals surface area (Å²) in [5.41, 5.74) is 0.0181. The number of aromatic hydroxyl groups is 1. The summed E-state index contributed by atoms with van der Waals surface area (Å²) in [5, 5.41) is 20.5. The Balaban J connectivity index is 2.59. The van der Waals surface area contributed by atoms with Crippen molar-refractivity contribution >= 4 is 15.4 Å². The first-order valence-corrected chi connectivity index (χ1v) is 6.76. The molecule has 92 valence electrons. The minimum absolute atomic E-state index is 0.0562. The van der Waals surface area contributed by atoms with E-state index in [2.05, 4.69) is 0 Å². The van der Waals surface area contributed by atoms with Crippen LogP contribution in [-0.4, -0.2) is 24.2 Å². The van der Waals surface area contributed by atoms with Gasteiger partial charge in [-0.25, -0.2) is 8.42 Å². The lowest BCUT2D eigenvalue weighted by Crippen LogP contribution is -2.18. The van der Waals surface area contributed by atoms with Gasteiger partial charge >= 0.3 is 0 Å². The van der Waals surface area contributed by atoms with Gasteiger partial charge in [0.25, 0.3) is 0 Å². The van der Waals surface area contributed by atoms with E-state index in [-0.39, 0.29) is 17.1 Å². The summed E-state index contributed by atoms with van der Waals surface area (Å²) in [6.45, 7) is 3.22. The molecule has 0 amide bonds. The Morgan fingerprint density at radius 3 is 2.53 bits per heavy atom. The number of aliphatic hydroxyl groups is 1. The summed E-state index contributed by atoms with van der Waals surface area (Å²) in [5.74, 6) is -0.246. The molecule has 1 aromatic carbocycles. The fraction of sp³-hybridized carbons (Fsp3) is 0.333. The van der Waals surface area contributed by atoms with Crippen molar-refractivity contribution in [1.29, 1.82) is 0 Å². The molecule has 5 heteroatoms. The van der Waals surface area contributed by atoms with Crippen LogP contribution in [0.5, 0.6) is 5.75 Å². The topological polar surface area (TPSA) is 74.6 Å². The van der Waals surface area contributed by atoms with E-state index < -0.39 is 15.4 Å². The summed E-state index contributed by atoms with van der Waals surface area (Å²) < 4.78 is 23.7. The number of hydrogen-bond acceptors (Lipinski definition) is 4. The van der Waals surface area contributed by atoms with Crippen LogP contribution in [0.1, 0.15) is 25.8 Å². The highest BCUT2D eigenvalue weighted by atomic mass is 32.2. The largest absolute Gasteiger partial charge is 0.507 e. The van der Waals surface area contributed by atoms with E-state index in [4.69, 9.17) is 0 Å². The quantitative estimate of drug-likeness (QED) is 0.842. The fourth-order valence-corrected chi connectivity index (χ4v) is 3.56. The van der Waals surface area contributed by atoms with E-state index in [9.17, 15) is 18.6 Å². The van der Waals surface area contributed by atoms with Crippen molar-refractivity contribution in [2.75, 3.05) is 0 Å². The third kappa shape index (κ3) is 2.21. The molecule has 0 radical (unpaired) electrons. The molecule has 0 spiro atoms. The molecule has 0 atom stereocenters. The van der Waals surface area contributed by atoms with Gasteiger partial charge in [0.15, 0.2) is 0 Å². The van der Waals surface area contributed by atoms with Gasteiger partial charge in [-0.15, -0.1) is 0 Å². The lowest BCUT2D eigenvalue weighted by molar-refractivity contribution is 0.0864. The summed E-state index contributed by atoms with van der Waals surface area (Å²) >= 11 is 0. The first-order chi connectivity index (χ1) is 7.71. The van der Waals surface area contributed by atoms with Gasteiger partial charge in [0, 0.05) is 17.4 Å². The molecule has 1 heterocycles. The normalized spacial score (nSPS) is 17.7. The summed E-state index contributed by atoms with van der Waals surface area (Å²) in [4.78, 5) is -0.0562. The van der Waals surface area contributed by atoms with Crippen molar-refractivity contribution in [1.82, 2.24) is 0 Å². The van der Waals surface area contributed by atoms with Gasteiger partial charge in [0.1, 0.15) is 10.6 Å². The molecule has 0 saturated heterocycles. The number of phenols is 1.